The number of H-pyrrole nitrogens is 1. The average molecular weight is 266 g/mol. The third-order valence-electron chi connectivity index (χ3n) is 3.06. The highest BCUT2D eigenvalue weighted by molar-refractivity contribution is 9.10. The van der Waals surface area contributed by atoms with Crippen LogP contribution in [0.2, 0.25) is 0 Å². The molecule has 0 saturated heterocycles. The number of pyridine rings is 1. The van der Waals surface area contributed by atoms with Gasteiger partial charge in [0.2, 0.25) is 0 Å². The Labute approximate surface area is 96.4 Å². The van der Waals surface area contributed by atoms with Crippen LogP contribution in [0.3, 0.4) is 0 Å². The van der Waals surface area contributed by atoms with Gasteiger partial charge >= 0.3 is 0 Å². The van der Waals surface area contributed by atoms with E-state index in [1.165, 1.54) is 19.3 Å². The van der Waals surface area contributed by atoms with Gasteiger partial charge in [0.1, 0.15) is 5.82 Å². The predicted octanol–water partition coefficient (Wildman–Crippen LogP) is 3.06. The monoisotopic (exact) mass is 265 g/mol. The minimum atomic E-state index is 0.826. The Hall–Kier alpha value is -0.900. The molecule has 3 rings (SSSR count). The van der Waals surface area contributed by atoms with Crippen molar-refractivity contribution in [2.75, 3.05) is 0 Å². The lowest BCUT2D eigenvalue weighted by molar-refractivity contribution is 0.310. The SMILES string of the molecule is Brc1cnc2nc(CC3CCC3)[nH]c2c1. The molecule has 0 aromatic carbocycles. The zero-order valence-electron chi connectivity index (χ0n) is 8.33. The molecular weight excluding hydrogens is 254 g/mol. The van der Waals surface area contributed by atoms with Crippen LogP contribution in [-0.4, -0.2) is 15.0 Å². The van der Waals surface area contributed by atoms with Crippen molar-refractivity contribution in [2.24, 2.45) is 5.92 Å². The van der Waals surface area contributed by atoms with Gasteiger partial charge in [0.25, 0.3) is 0 Å². The van der Waals surface area contributed by atoms with Crippen LogP contribution in [0, 0.1) is 5.92 Å². The number of nitrogens with one attached hydrogen (secondary N) is 1. The third kappa shape index (κ3) is 1.78. The summed E-state index contributed by atoms with van der Waals surface area (Å²) in [4.78, 5) is 12.1. The van der Waals surface area contributed by atoms with E-state index in [2.05, 4.69) is 30.9 Å². The summed E-state index contributed by atoms with van der Waals surface area (Å²) in [5, 5.41) is 0. The molecule has 2 aromatic rings. The van der Waals surface area contributed by atoms with Crippen molar-refractivity contribution < 1.29 is 0 Å². The van der Waals surface area contributed by atoms with Crippen molar-refractivity contribution in [3.05, 3.63) is 22.6 Å². The van der Waals surface area contributed by atoms with Crippen molar-refractivity contribution in [3.8, 4) is 0 Å². The molecule has 1 saturated carbocycles. The van der Waals surface area contributed by atoms with Crippen LogP contribution in [0.25, 0.3) is 11.2 Å². The molecule has 0 aliphatic heterocycles. The molecular formula is C11H12BrN3. The topological polar surface area (TPSA) is 41.6 Å². The molecule has 2 aromatic heterocycles. The highest BCUT2D eigenvalue weighted by atomic mass is 79.9. The third-order valence-corrected chi connectivity index (χ3v) is 3.49. The molecule has 3 nitrogen and oxygen atoms in total. The van der Waals surface area contributed by atoms with Crippen LogP contribution < -0.4 is 0 Å². The Morgan fingerprint density at radius 2 is 2.33 bits per heavy atom. The molecule has 78 valence electrons. The quantitative estimate of drug-likeness (QED) is 0.907. The Morgan fingerprint density at radius 1 is 1.47 bits per heavy atom. The summed E-state index contributed by atoms with van der Waals surface area (Å²) in [5.41, 5.74) is 1.85. The number of imidazole rings is 1. The van der Waals surface area contributed by atoms with Gasteiger partial charge in [0, 0.05) is 17.1 Å². The lowest BCUT2D eigenvalue weighted by atomic mass is 9.83. The van der Waals surface area contributed by atoms with Gasteiger partial charge in [0.05, 0.1) is 5.52 Å². The molecule has 0 spiro atoms. The van der Waals surface area contributed by atoms with Crippen LogP contribution in [-0.2, 0) is 6.42 Å². The van der Waals surface area contributed by atoms with Gasteiger partial charge in [-0.25, -0.2) is 9.97 Å². The lowest BCUT2D eigenvalue weighted by Gasteiger charge is -2.23. The zero-order chi connectivity index (χ0) is 10.3. The molecule has 1 fully saturated rings. The first-order chi connectivity index (χ1) is 7.31. The van der Waals surface area contributed by atoms with E-state index in [-0.39, 0.29) is 0 Å². The molecule has 1 aliphatic rings. The summed E-state index contributed by atoms with van der Waals surface area (Å²) in [6, 6.07) is 2.03. The summed E-state index contributed by atoms with van der Waals surface area (Å²) < 4.78 is 0.994. The van der Waals surface area contributed by atoms with Crippen molar-refractivity contribution >= 4 is 27.1 Å². The van der Waals surface area contributed by atoms with Crippen LogP contribution in [0.1, 0.15) is 25.1 Å². The van der Waals surface area contributed by atoms with Crippen LogP contribution in [0.4, 0.5) is 0 Å². The maximum atomic E-state index is 4.49. The first kappa shape index (κ1) is 9.33. The second kappa shape index (κ2) is 3.59. The van der Waals surface area contributed by atoms with E-state index in [1.54, 1.807) is 6.20 Å². The number of fused-ring (bicyclic) bond motifs is 1. The summed E-state index contributed by atoms with van der Waals surface area (Å²) in [5.74, 6) is 1.93. The molecule has 0 amide bonds. The van der Waals surface area contributed by atoms with Gasteiger partial charge in [-0.05, 0) is 27.9 Å². The smallest absolute Gasteiger partial charge is 0.177 e. The minimum absolute atomic E-state index is 0.826. The molecule has 0 atom stereocenters. The van der Waals surface area contributed by atoms with Gasteiger partial charge in [-0.15, -0.1) is 0 Å². The Morgan fingerprint density at radius 3 is 3.07 bits per heavy atom. The van der Waals surface area contributed by atoms with Crippen molar-refractivity contribution in [2.45, 2.75) is 25.7 Å². The highest BCUT2D eigenvalue weighted by Crippen LogP contribution is 2.29. The van der Waals surface area contributed by atoms with E-state index in [1.807, 2.05) is 6.07 Å². The normalized spacial score (nSPS) is 16.9. The number of halogens is 1. The first-order valence-corrected chi connectivity index (χ1v) is 6.11. The van der Waals surface area contributed by atoms with E-state index < -0.39 is 0 Å². The predicted molar refractivity (Wildman–Crippen MR) is 62.6 cm³/mol. The van der Waals surface area contributed by atoms with E-state index in [9.17, 15) is 0 Å². The Kier molecular flexibility index (Phi) is 2.24. The molecule has 0 radical (unpaired) electrons. The maximum absolute atomic E-state index is 4.49. The van der Waals surface area contributed by atoms with E-state index in [4.69, 9.17) is 0 Å². The van der Waals surface area contributed by atoms with Crippen LogP contribution >= 0.6 is 15.9 Å². The summed E-state index contributed by atoms with van der Waals surface area (Å²) in [7, 11) is 0. The zero-order valence-corrected chi connectivity index (χ0v) is 9.92. The summed E-state index contributed by atoms with van der Waals surface area (Å²) in [6.07, 6.45) is 6.96. The molecule has 1 N–H and O–H groups in total. The Balaban J connectivity index is 1.91. The van der Waals surface area contributed by atoms with Gasteiger partial charge in [-0.1, -0.05) is 19.3 Å². The second-order valence-electron chi connectivity index (χ2n) is 4.21. The van der Waals surface area contributed by atoms with E-state index >= 15 is 0 Å². The fourth-order valence-electron chi connectivity index (χ4n) is 1.99. The fraction of sp³-hybridized carbons (Fsp3) is 0.455. The van der Waals surface area contributed by atoms with E-state index in [0.29, 0.717) is 0 Å². The van der Waals surface area contributed by atoms with Crippen molar-refractivity contribution in [1.82, 2.24) is 15.0 Å². The maximum Gasteiger partial charge on any atom is 0.177 e. The molecule has 2 heterocycles. The lowest BCUT2D eigenvalue weighted by Crippen LogP contribution is -2.14. The summed E-state index contributed by atoms with van der Waals surface area (Å²) in [6.45, 7) is 0. The molecule has 15 heavy (non-hydrogen) atoms. The number of hydrogen-bond donors (Lipinski definition) is 1. The first-order valence-electron chi connectivity index (χ1n) is 5.31. The van der Waals surface area contributed by atoms with Gasteiger partial charge < -0.3 is 4.98 Å². The number of aromatic nitrogens is 3. The molecule has 0 unspecified atom stereocenters. The second-order valence-corrected chi connectivity index (χ2v) is 5.12. The van der Waals surface area contributed by atoms with Crippen LogP contribution in [0.5, 0.6) is 0 Å². The Bertz CT molecular complexity index is 488. The average Bonchev–Trinajstić information content (AvgIpc) is 2.53. The summed E-state index contributed by atoms with van der Waals surface area (Å²) >= 11 is 3.41. The van der Waals surface area contributed by atoms with E-state index in [0.717, 1.165) is 33.8 Å². The number of aromatic amines is 1. The molecule has 0 bridgehead atoms. The van der Waals surface area contributed by atoms with Gasteiger partial charge in [-0.2, -0.15) is 0 Å². The molecule has 1 aliphatic carbocycles. The minimum Gasteiger partial charge on any atom is -0.341 e. The number of nitrogens with zero attached hydrogens (tertiary/aromatic N) is 2. The number of hydrogen-bond acceptors (Lipinski definition) is 2. The van der Waals surface area contributed by atoms with Crippen molar-refractivity contribution in [1.29, 1.82) is 0 Å². The van der Waals surface area contributed by atoms with Crippen LogP contribution in [0.15, 0.2) is 16.7 Å². The van der Waals surface area contributed by atoms with Gasteiger partial charge in [0.15, 0.2) is 5.65 Å². The van der Waals surface area contributed by atoms with Crippen molar-refractivity contribution in [3.63, 3.8) is 0 Å². The highest BCUT2D eigenvalue weighted by Gasteiger charge is 2.19. The van der Waals surface area contributed by atoms with Gasteiger partial charge in [-0.3, -0.25) is 0 Å². The molecule has 4 heteroatoms. The fourth-order valence-corrected chi connectivity index (χ4v) is 2.32. The largest absolute Gasteiger partial charge is 0.341 e. The number of rotatable bonds is 2. The standard InChI is InChI=1S/C11H12BrN3/c12-8-5-9-11(13-6-8)15-10(14-9)4-7-2-1-3-7/h5-7H,1-4H2,(H,13,14,15).